The number of carbonyl (C=O) groups is 1. The lowest BCUT2D eigenvalue weighted by atomic mass is 10.1. The van der Waals surface area contributed by atoms with E-state index < -0.39 is 10.0 Å². The SMILES string of the molecule is CCOc1ccc(NS(=O)(=O)c2cc(C(=O)N3CCN(C)CC3)ccc2C)cc1.Cl. The fourth-order valence-electron chi connectivity index (χ4n) is 3.21. The van der Waals surface area contributed by atoms with Gasteiger partial charge in [0.25, 0.3) is 15.9 Å². The third-order valence-electron chi connectivity index (χ3n) is 4.93. The predicted octanol–water partition coefficient (Wildman–Crippen LogP) is 3.00. The summed E-state index contributed by atoms with van der Waals surface area (Å²) in [5.74, 6) is 0.530. The van der Waals surface area contributed by atoms with E-state index in [1.807, 2.05) is 14.0 Å². The maximum atomic E-state index is 13.0. The monoisotopic (exact) mass is 453 g/mol. The van der Waals surface area contributed by atoms with E-state index in [0.717, 1.165) is 13.1 Å². The highest BCUT2D eigenvalue weighted by Crippen LogP contribution is 2.23. The summed E-state index contributed by atoms with van der Waals surface area (Å²) in [5.41, 5.74) is 1.40. The quantitative estimate of drug-likeness (QED) is 0.727. The standard InChI is InChI=1S/C21H27N3O4S.ClH/c1-4-28-19-9-7-18(8-10-19)22-29(26,27)20-15-17(6-5-16(20)2)21(25)24-13-11-23(3)12-14-24;/h5-10,15,22H,4,11-14H2,1-3H3;1H. The summed E-state index contributed by atoms with van der Waals surface area (Å²) in [6.07, 6.45) is 0. The van der Waals surface area contributed by atoms with Crippen LogP contribution < -0.4 is 9.46 Å². The van der Waals surface area contributed by atoms with E-state index in [9.17, 15) is 13.2 Å². The Labute approximate surface area is 184 Å². The van der Waals surface area contributed by atoms with Gasteiger partial charge in [-0.05, 0) is 62.9 Å². The first-order chi connectivity index (χ1) is 13.8. The molecule has 3 rings (SSSR count). The first-order valence-electron chi connectivity index (χ1n) is 9.64. The molecular weight excluding hydrogens is 426 g/mol. The largest absolute Gasteiger partial charge is 0.494 e. The Balaban J connectivity index is 0.00000320. The highest BCUT2D eigenvalue weighted by atomic mass is 35.5. The summed E-state index contributed by atoms with van der Waals surface area (Å²) >= 11 is 0. The second-order valence-corrected chi connectivity index (χ2v) is 8.79. The topological polar surface area (TPSA) is 78.9 Å². The zero-order chi connectivity index (χ0) is 21.0. The van der Waals surface area contributed by atoms with Gasteiger partial charge in [0.15, 0.2) is 0 Å². The van der Waals surface area contributed by atoms with Gasteiger partial charge in [-0.3, -0.25) is 9.52 Å². The molecule has 164 valence electrons. The summed E-state index contributed by atoms with van der Waals surface area (Å²) in [6.45, 7) is 7.03. The zero-order valence-corrected chi connectivity index (χ0v) is 19.1. The Kier molecular flexibility index (Phi) is 8.11. The van der Waals surface area contributed by atoms with Crippen LogP contribution in [0.5, 0.6) is 5.75 Å². The number of anilines is 1. The van der Waals surface area contributed by atoms with Crippen LogP contribution in [-0.4, -0.2) is 64.0 Å². The molecule has 1 fully saturated rings. The fraction of sp³-hybridized carbons (Fsp3) is 0.381. The normalized spacial score (nSPS) is 14.7. The lowest BCUT2D eigenvalue weighted by Crippen LogP contribution is -2.47. The van der Waals surface area contributed by atoms with Crippen LogP contribution in [0, 0.1) is 6.92 Å². The highest BCUT2D eigenvalue weighted by Gasteiger charge is 2.23. The Bertz CT molecular complexity index is 972. The molecule has 30 heavy (non-hydrogen) atoms. The van der Waals surface area contributed by atoms with Crippen molar-refractivity contribution in [1.29, 1.82) is 0 Å². The molecule has 0 aromatic heterocycles. The van der Waals surface area contributed by atoms with Crippen LogP contribution in [0.4, 0.5) is 5.69 Å². The number of nitrogens with zero attached hydrogens (tertiary/aromatic N) is 2. The van der Waals surface area contributed by atoms with Crippen molar-refractivity contribution < 1.29 is 17.9 Å². The van der Waals surface area contributed by atoms with Gasteiger partial charge < -0.3 is 14.5 Å². The van der Waals surface area contributed by atoms with Crippen molar-refractivity contribution in [3.8, 4) is 5.75 Å². The molecule has 1 heterocycles. The minimum Gasteiger partial charge on any atom is -0.494 e. The molecule has 0 radical (unpaired) electrons. The molecule has 1 aliphatic heterocycles. The minimum atomic E-state index is -3.83. The van der Waals surface area contributed by atoms with E-state index >= 15 is 0 Å². The molecular formula is C21H28ClN3O4S. The van der Waals surface area contributed by atoms with E-state index in [1.165, 1.54) is 6.07 Å². The summed E-state index contributed by atoms with van der Waals surface area (Å²) in [7, 11) is -1.82. The van der Waals surface area contributed by atoms with E-state index in [-0.39, 0.29) is 23.2 Å². The molecule has 0 unspecified atom stereocenters. The van der Waals surface area contributed by atoms with Gasteiger partial charge in [-0.1, -0.05) is 6.07 Å². The van der Waals surface area contributed by atoms with Crippen molar-refractivity contribution in [3.63, 3.8) is 0 Å². The number of halogens is 1. The van der Waals surface area contributed by atoms with Crippen LogP contribution in [0.1, 0.15) is 22.8 Å². The van der Waals surface area contributed by atoms with Crippen LogP contribution in [0.2, 0.25) is 0 Å². The summed E-state index contributed by atoms with van der Waals surface area (Å²) < 4.78 is 33.9. The minimum absolute atomic E-state index is 0. The number of amides is 1. The summed E-state index contributed by atoms with van der Waals surface area (Å²) in [6, 6.07) is 11.5. The Morgan fingerprint density at radius 1 is 1.07 bits per heavy atom. The average Bonchev–Trinajstić information content (AvgIpc) is 2.70. The van der Waals surface area contributed by atoms with Gasteiger partial charge in [0.1, 0.15) is 5.75 Å². The molecule has 0 spiro atoms. The molecule has 9 heteroatoms. The predicted molar refractivity (Wildman–Crippen MR) is 120 cm³/mol. The van der Waals surface area contributed by atoms with Crippen LogP contribution in [0.3, 0.4) is 0 Å². The Hall–Kier alpha value is -2.29. The number of carbonyl (C=O) groups excluding carboxylic acids is 1. The molecule has 1 N–H and O–H groups in total. The van der Waals surface area contributed by atoms with E-state index in [1.54, 1.807) is 48.2 Å². The smallest absolute Gasteiger partial charge is 0.262 e. The van der Waals surface area contributed by atoms with Crippen molar-refractivity contribution >= 4 is 34.0 Å². The number of benzene rings is 2. The maximum Gasteiger partial charge on any atom is 0.262 e. The summed E-state index contributed by atoms with van der Waals surface area (Å²) in [5, 5.41) is 0. The molecule has 2 aromatic rings. The van der Waals surface area contributed by atoms with Crippen molar-refractivity contribution in [1.82, 2.24) is 9.80 Å². The Morgan fingerprint density at radius 3 is 2.30 bits per heavy atom. The van der Waals surface area contributed by atoms with E-state index in [0.29, 0.717) is 42.3 Å². The maximum absolute atomic E-state index is 13.0. The molecule has 0 aliphatic carbocycles. The molecule has 1 saturated heterocycles. The van der Waals surface area contributed by atoms with Gasteiger partial charge in [-0.2, -0.15) is 0 Å². The third kappa shape index (κ3) is 5.65. The van der Waals surface area contributed by atoms with Crippen LogP contribution in [0.25, 0.3) is 0 Å². The number of ether oxygens (including phenoxy) is 1. The van der Waals surface area contributed by atoms with Crippen LogP contribution in [0.15, 0.2) is 47.4 Å². The van der Waals surface area contributed by atoms with Gasteiger partial charge in [-0.15, -0.1) is 12.4 Å². The number of likely N-dealkylation sites (N-methyl/N-ethyl adjacent to an activating group) is 1. The molecule has 0 saturated carbocycles. The molecule has 0 atom stereocenters. The molecule has 2 aromatic carbocycles. The first kappa shape index (κ1) is 24.0. The number of rotatable bonds is 6. The lowest BCUT2D eigenvalue weighted by Gasteiger charge is -2.32. The third-order valence-corrected chi connectivity index (χ3v) is 6.46. The van der Waals surface area contributed by atoms with Crippen molar-refractivity contribution in [2.75, 3.05) is 44.6 Å². The number of hydrogen-bond donors (Lipinski definition) is 1. The first-order valence-corrected chi connectivity index (χ1v) is 11.1. The highest BCUT2D eigenvalue weighted by molar-refractivity contribution is 7.92. The second kappa shape index (κ2) is 10.1. The fourth-order valence-corrected chi connectivity index (χ4v) is 4.54. The van der Waals surface area contributed by atoms with E-state index in [4.69, 9.17) is 4.74 Å². The van der Waals surface area contributed by atoms with Gasteiger partial charge >= 0.3 is 0 Å². The van der Waals surface area contributed by atoms with Crippen LogP contribution >= 0.6 is 12.4 Å². The second-order valence-electron chi connectivity index (χ2n) is 7.14. The van der Waals surface area contributed by atoms with E-state index in [2.05, 4.69) is 9.62 Å². The molecule has 7 nitrogen and oxygen atoms in total. The number of piperazine rings is 1. The average molecular weight is 454 g/mol. The zero-order valence-electron chi connectivity index (χ0n) is 17.4. The van der Waals surface area contributed by atoms with Crippen molar-refractivity contribution in [3.05, 3.63) is 53.6 Å². The molecule has 1 amide bonds. The number of sulfonamides is 1. The summed E-state index contributed by atoms with van der Waals surface area (Å²) in [4.78, 5) is 16.9. The van der Waals surface area contributed by atoms with Crippen molar-refractivity contribution in [2.45, 2.75) is 18.7 Å². The van der Waals surface area contributed by atoms with Gasteiger partial charge in [0.05, 0.1) is 11.5 Å². The molecule has 1 aliphatic rings. The lowest BCUT2D eigenvalue weighted by molar-refractivity contribution is 0.0664. The van der Waals surface area contributed by atoms with Gasteiger partial charge in [0, 0.05) is 37.4 Å². The number of nitrogens with one attached hydrogen (secondary N) is 1. The Morgan fingerprint density at radius 2 is 1.70 bits per heavy atom. The molecule has 0 bridgehead atoms. The van der Waals surface area contributed by atoms with Crippen molar-refractivity contribution in [2.24, 2.45) is 0 Å². The number of hydrogen-bond acceptors (Lipinski definition) is 5. The van der Waals surface area contributed by atoms with Gasteiger partial charge in [0.2, 0.25) is 0 Å². The van der Waals surface area contributed by atoms with Crippen LogP contribution in [-0.2, 0) is 10.0 Å². The number of aryl methyl sites for hydroxylation is 1. The van der Waals surface area contributed by atoms with Gasteiger partial charge in [-0.25, -0.2) is 8.42 Å².